The molecule has 2 rings (SSSR count). The number of nitrogens with one attached hydrogen (secondary N) is 3. The molecule has 2 amide bonds. The van der Waals surface area contributed by atoms with Crippen molar-refractivity contribution in [3.63, 3.8) is 0 Å². The van der Waals surface area contributed by atoms with E-state index in [2.05, 4.69) is 39.4 Å². The first-order chi connectivity index (χ1) is 11.7. The molecule has 1 heterocycles. The molecule has 136 valence electrons. The fourth-order valence-corrected chi connectivity index (χ4v) is 3.83. The zero-order chi connectivity index (χ0) is 18.7. The average molecular weight is 347 g/mol. The van der Waals surface area contributed by atoms with Crippen LogP contribution in [0.5, 0.6) is 0 Å². The second-order valence-corrected chi connectivity index (χ2v) is 7.58. The summed E-state index contributed by atoms with van der Waals surface area (Å²) in [5.74, 6) is 0.102. The average Bonchev–Trinajstić information content (AvgIpc) is 2.44. The number of carbonyl (C=O) groups excluding carboxylic acids is 2. The first-order valence-corrected chi connectivity index (χ1v) is 8.41. The number of H-pyrrole nitrogens is 1. The predicted molar refractivity (Wildman–Crippen MR) is 94.3 cm³/mol. The first kappa shape index (κ1) is 18.9. The molecule has 3 N–H and O–H groups in total. The molecular formula is C17H25N5O3. The molecule has 0 saturated heterocycles. The van der Waals surface area contributed by atoms with Crippen molar-refractivity contribution in [3.8, 4) is 0 Å². The third-order valence-corrected chi connectivity index (χ3v) is 4.62. The van der Waals surface area contributed by atoms with Gasteiger partial charge in [0, 0.05) is 17.8 Å². The number of aromatic amines is 1. The largest absolute Gasteiger partial charge is 0.335 e. The summed E-state index contributed by atoms with van der Waals surface area (Å²) in [6, 6.07) is 0.758. The molecule has 0 aromatic carbocycles. The summed E-state index contributed by atoms with van der Waals surface area (Å²) >= 11 is 0. The lowest BCUT2D eigenvalue weighted by Gasteiger charge is -2.45. The van der Waals surface area contributed by atoms with Crippen molar-refractivity contribution in [1.29, 1.82) is 0 Å². The van der Waals surface area contributed by atoms with Crippen molar-refractivity contribution < 1.29 is 9.59 Å². The Morgan fingerprint density at radius 2 is 2.20 bits per heavy atom. The van der Waals surface area contributed by atoms with E-state index in [0.717, 1.165) is 12.8 Å². The van der Waals surface area contributed by atoms with E-state index >= 15 is 0 Å². The highest BCUT2D eigenvalue weighted by atomic mass is 16.2. The number of aromatic nitrogens is 2. The van der Waals surface area contributed by atoms with Crippen molar-refractivity contribution >= 4 is 18.1 Å². The van der Waals surface area contributed by atoms with Crippen LogP contribution in [0.15, 0.2) is 15.9 Å². The van der Waals surface area contributed by atoms with Crippen LogP contribution in [0.3, 0.4) is 0 Å². The molecule has 2 unspecified atom stereocenters. The first-order valence-electron chi connectivity index (χ1n) is 8.41. The molecule has 1 aliphatic rings. The second-order valence-electron chi connectivity index (χ2n) is 7.58. The Hall–Kier alpha value is -2.47. The highest BCUT2D eigenvalue weighted by molar-refractivity contribution is 5.87. The smallest absolute Gasteiger partial charge is 0.321 e. The van der Waals surface area contributed by atoms with E-state index in [1.807, 2.05) is 6.92 Å². The molecule has 1 fully saturated rings. The number of amides is 2. The van der Waals surface area contributed by atoms with Gasteiger partial charge in [0.1, 0.15) is 0 Å². The van der Waals surface area contributed by atoms with Gasteiger partial charge < -0.3 is 10.3 Å². The minimum absolute atomic E-state index is 0.0670. The monoisotopic (exact) mass is 347 g/mol. The van der Waals surface area contributed by atoms with E-state index in [0.29, 0.717) is 18.5 Å². The minimum Gasteiger partial charge on any atom is -0.335 e. The van der Waals surface area contributed by atoms with Gasteiger partial charge in [-0.05, 0) is 38.0 Å². The topological polar surface area (TPSA) is 116 Å². The lowest BCUT2D eigenvalue weighted by Crippen LogP contribution is -2.51. The quantitative estimate of drug-likeness (QED) is 0.572. The van der Waals surface area contributed by atoms with E-state index in [4.69, 9.17) is 0 Å². The SMILES string of the molecule is CCC1(N=C=O)CC(NC(=O)Nc2nc(=O)cc(C)[nH]2)CC(C)(C)C1. The van der Waals surface area contributed by atoms with E-state index in [-0.39, 0.29) is 17.4 Å². The molecule has 8 heteroatoms. The van der Waals surface area contributed by atoms with Gasteiger partial charge in [-0.3, -0.25) is 10.1 Å². The maximum atomic E-state index is 12.3. The zero-order valence-corrected chi connectivity index (χ0v) is 15.1. The van der Waals surface area contributed by atoms with Gasteiger partial charge in [0.15, 0.2) is 0 Å². The number of nitrogens with zero attached hydrogens (tertiary/aromatic N) is 2. The van der Waals surface area contributed by atoms with Gasteiger partial charge in [0.05, 0.1) is 5.54 Å². The van der Waals surface area contributed by atoms with Crippen LogP contribution in [0.1, 0.15) is 52.1 Å². The number of anilines is 1. The lowest BCUT2D eigenvalue weighted by atomic mass is 9.65. The summed E-state index contributed by atoms with van der Waals surface area (Å²) in [4.78, 5) is 45.1. The van der Waals surface area contributed by atoms with Crippen molar-refractivity contribution in [3.05, 3.63) is 22.1 Å². The fourth-order valence-electron chi connectivity index (χ4n) is 3.83. The number of urea groups is 1. The zero-order valence-electron chi connectivity index (χ0n) is 15.1. The summed E-state index contributed by atoms with van der Waals surface area (Å²) in [6.07, 6.45) is 4.52. The Balaban J connectivity index is 2.10. The standard InChI is InChI=1S/C17H25N5O3/c1-5-17(18-10-23)8-12(7-16(3,4)9-17)20-15(25)22-14-19-11(2)6-13(24)21-14/h6,12H,5,7-9H2,1-4H3,(H3,19,20,21,22,24,25). The predicted octanol–water partition coefficient (Wildman–Crippen LogP) is 2.26. The third-order valence-electron chi connectivity index (χ3n) is 4.62. The van der Waals surface area contributed by atoms with Gasteiger partial charge in [-0.25, -0.2) is 9.59 Å². The maximum absolute atomic E-state index is 12.3. The molecule has 1 saturated carbocycles. The van der Waals surface area contributed by atoms with Gasteiger partial charge in [0.2, 0.25) is 12.0 Å². The molecule has 1 aliphatic carbocycles. The lowest BCUT2D eigenvalue weighted by molar-refractivity contribution is 0.120. The summed E-state index contributed by atoms with van der Waals surface area (Å²) in [6.45, 7) is 7.90. The summed E-state index contributed by atoms with van der Waals surface area (Å²) < 4.78 is 0. The molecule has 0 aliphatic heterocycles. The van der Waals surface area contributed by atoms with Crippen LogP contribution in [0, 0.1) is 12.3 Å². The van der Waals surface area contributed by atoms with Crippen molar-refractivity contribution in [1.82, 2.24) is 15.3 Å². The Bertz CT molecular complexity index is 751. The van der Waals surface area contributed by atoms with Crippen LogP contribution in [-0.4, -0.2) is 33.7 Å². The number of carbonyl (C=O) groups is 1. The number of rotatable bonds is 4. The molecule has 8 nitrogen and oxygen atoms in total. The number of aryl methyl sites for hydroxylation is 1. The number of isocyanates is 1. The number of hydrogen-bond acceptors (Lipinski definition) is 5. The van der Waals surface area contributed by atoms with E-state index in [9.17, 15) is 14.4 Å². The van der Waals surface area contributed by atoms with Crippen LogP contribution in [0.25, 0.3) is 0 Å². The molecule has 0 spiro atoms. The van der Waals surface area contributed by atoms with Crippen LogP contribution >= 0.6 is 0 Å². The molecule has 2 atom stereocenters. The number of aliphatic imine (C=N–C) groups is 1. The summed E-state index contributed by atoms with van der Waals surface area (Å²) in [5, 5.41) is 5.46. The van der Waals surface area contributed by atoms with E-state index < -0.39 is 17.1 Å². The van der Waals surface area contributed by atoms with E-state index in [1.165, 1.54) is 6.07 Å². The summed E-state index contributed by atoms with van der Waals surface area (Å²) in [7, 11) is 0. The van der Waals surface area contributed by atoms with Crippen molar-refractivity contribution in [2.45, 2.75) is 65.0 Å². The molecular weight excluding hydrogens is 322 g/mol. The third kappa shape index (κ3) is 5.00. The van der Waals surface area contributed by atoms with Crippen LogP contribution in [0.4, 0.5) is 10.7 Å². The Labute approximate surface area is 146 Å². The van der Waals surface area contributed by atoms with Crippen LogP contribution in [-0.2, 0) is 4.79 Å². The highest BCUT2D eigenvalue weighted by Gasteiger charge is 2.43. The minimum atomic E-state index is -0.503. The normalized spacial score (nSPS) is 24.9. The van der Waals surface area contributed by atoms with Gasteiger partial charge in [0.25, 0.3) is 5.56 Å². The highest BCUT2D eigenvalue weighted by Crippen LogP contribution is 2.44. The van der Waals surface area contributed by atoms with Crippen LogP contribution < -0.4 is 16.2 Å². The second kappa shape index (κ2) is 7.19. The van der Waals surface area contributed by atoms with Gasteiger partial charge in [-0.1, -0.05) is 20.8 Å². The molecule has 25 heavy (non-hydrogen) atoms. The Morgan fingerprint density at radius 1 is 1.48 bits per heavy atom. The fraction of sp³-hybridized carbons (Fsp3) is 0.647. The van der Waals surface area contributed by atoms with Crippen molar-refractivity contribution in [2.24, 2.45) is 10.4 Å². The van der Waals surface area contributed by atoms with E-state index in [1.54, 1.807) is 13.0 Å². The van der Waals surface area contributed by atoms with Crippen molar-refractivity contribution in [2.75, 3.05) is 5.32 Å². The molecule has 1 aromatic rings. The number of hydrogen-bond donors (Lipinski definition) is 3. The Kier molecular flexibility index (Phi) is 5.42. The molecule has 0 radical (unpaired) electrons. The molecule has 0 bridgehead atoms. The van der Waals surface area contributed by atoms with Gasteiger partial charge in [-0.2, -0.15) is 9.98 Å². The Morgan fingerprint density at radius 3 is 2.80 bits per heavy atom. The van der Waals surface area contributed by atoms with Crippen LogP contribution in [0.2, 0.25) is 0 Å². The summed E-state index contributed by atoms with van der Waals surface area (Å²) in [5.41, 5.74) is -0.380. The van der Waals surface area contributed by atoms with Gasteiger partial charge >= 0.3 is 6.03 Å². The molecule has 1 aromatic heterocycles. The van der Waals surface area contributed by atoms with Gasteiger partial charge in [-0.15, -0.1) is 0 Å². The maximum Gasteiger partial charge on any atom is 0.321 e.